The van der Waals surface area contributed by atoms with Crippen LogP contribution >= 0.6 is 12.2 Å². The van der Waals surface area contributed by atoms with Gasteiger partial charge < -0.3 is 15.7 Å². The Morgan fingerprint density at radius 1 is 1.31 bits per heavy atom. The van der Waals surface area contributed by atoms with Crippen molar-refractivity contribution in [3.05, 3.63) is 18.1 Å². The Hall–Kier alpha value is -1.48. The number of aromatic nitrogens is 2. The predicted molar refractivity (Wildman–Crippen MR) is 51.3 cm³/mol. The molecule has 0 bridgehead atoms. The first-order valence-electron chi connectivity index (χ1n) is 4.04. The van der Waals surface area contributed by atoms with E-state index in [2.05, 4.69) is 27.5 Å². The third-order valence-electron chi connectivity index (χ3n) is 1.98. The minimum absolute atomic E-state index is 0.217. The largest absolute Gasteiger partial charge is 0.443 e. The Balaban J connectivity index is 2.61. The molecular formula is C7H5F3N4OS. The summed E-state index contributed by atoms with van der Waals surface area (Å²) in [6.07, 6.45) is -2.71. The number of fused-ring (bicyclic) bond motifs is 1. The quantitative estimate of drug-likeness (QED) is 0.582. The molecule has 0 saturated heterocycles. The van der Waals surface area contributed by atoms with Crippen LogP contribution in [0.25, 0.3) is 0 Å². The fraction of sp³-hybridized carbons (Fsp3) is 0.286. The van der Waals surface area contributed by atoms with E-state index in [1.54, 1.807) is 5.32 Å². The summed E-state index contributed by atoms with van der Waals surface area (Å²) in [5.74, 6) is -0.217. The molecule has 9 heteroatoms. The molecule has 0 amide bonds. The molecule has 0 fully saturated rings. The molecule has 1 aromatic rings. The Morgan fingerprint density at radius 2 is 1.94 bits per heavy atom. The van der Waals surface area contributed by atoms with Crippen molar-refractivity contribution in [3.63, 3.8) is 0 Å². The lowest BCUT2D eigenvalue weighted by Gasteiger charge is -2.35. The molecule has 16 heavy (non-hydrogen) atoms. The fourth-order valence-electron chi connectivity index (χ4n) is 1.26. The van der Waals surface area contributed by atoms with Crippen LogP contribution in [0.2, 0.25) is 0 Å². The van der Waals surface area contributed by atoms with E-state index in [1.165, 1.54) is 6.20 Å². The molecule has 5 nitrogen and oxygen atoms in total. The molecule has 1 aromatic heterocycles. The van der Waals surface area contributed by atoms with Gasteiger partial charge >= 0.3 is 6.18 Å². The average molecular weight is 250 g/mol. The number of anilines is 1. The maximum absolute atomic E-state index is 12.7. The molecule has 0 aliphatic carbocycles. The van der Waals surface area contributed by atoms with E-state index < -0.39 is 17.6 Å². The minimum atomic E-state index is -4.95. The van der Waals surface area contributed by atoms with Crippen molar-refractivity contribution in [2.24, 2.45) is 0 Å². The zero-order valence-corrected chi connectivity index (χ0v) is 8.35. The van der Waals surface area contributed by atoms with Crippen molar-refractivity contribution < 1.29 is 18.3 Å². The topological polar surface area (TPSA) is 70.1 Å². The van der Waals surface area contributed by atoms with Gasteiger partial charge in [0.25, 0.3) is 5.72 Å². The van der Waals surface area contributed by atoms with Gasteiger partial charge in [0.2, 0.25) is 0 Å². The molecule has 86 valence electrons. The molecule has 0 spiro atoms. The standard InChI is InChI=1S/C7H5F3N4OS/c8-7(9,10)6(15)3-4(12-2-1-11-3)13-5(16)14-6/h1-2,15H,(H2,12,13,14,16). The van der Waals surface area contributed by atoms with Crippen molar-refractivity contribution >= 4 is 23.1 Å². The number of alkyl halides is 3. The summed E-state index contributed by atoms with van der Waals surface area (Å²) in [5.41, 5.74) is -3.96. The van der Waals surface area contributed by atoms with Gasteiger partial charge in [0, 0.05) is 12.4 Å². The van der Waals surface area contributed by atoms with E-state index in [1.807, 2.05) is 0 Å². The van der Waals surface area contributed by atoms with Gasteiger partial charge in [0.15, 0.2) is 10.9 Å². The van der Waals surface area contributed by atoms with E-state index in [9.17, 15) is 18.3 Å². The van der Waals surface area contributed by atoms with Crippen LogP contribution in [0.3, 0.4) is 0 Å². The lowest BCUT2D eigenvalue weighted by molar-refractivity contribution is -0.275. The second kappa shape index (κ2) is 3.25. The zero-order valence-electron chi connectivity index (χ0n) is 7.54. The highest BCUT2D eigenvalue weighted by Crippen LogP contribution is 2.39. The smallest absolute Gasteiger partial charge is 0.359 e. The van der Waals surface area contributed by atoms with Crippen molar-refractivity contribution in [1.29, 1.82) is 0 Å². The summed E-state index contributed by atoms with van der Waals surface area (Å²) >= 11 is 4.55. The number of hydrogen-bond donors (Lipinski definition) is 3. The van der Waals surface area contributed by atoms with Gasteiger partial charge in [-0.1, -0.05) is 0 Å². The van der Waals surface area contributed by atoms with E-state index >= 15 is 0 Å². The van der Waals surface area contributed by atoms with E-state index in [0.717, 1.165) is 6.20 Å². The SMILES string of the molecule is OC1(C(F)(F)F)NC(=S)Nc2nccnc21. The monoisotopic (exact) mass is 250 g/mol. The summed E-state index contributed by atoms with van der Waals surface area (Å²) in [7, 11) is 0. The van der Waals surface area contributed by atoms with Crippen LogP contribution in [-0.4, -0.2) is 26.4 Å². The van der Waals surface area contributed by atoms with Gasteiger partial charge in [-0.15, -0.1) is 0 Å². The second-order valence-electron chi connectivity index (χ2n) is 3.04. The Morgan fingerprint density at radius 3 is 2.56 bits per heavy atom. The Kier molecular flexibility index (Phi) is 2.24. The number of halogens is 3. The molecule has 0 aromatic carbocycles. The number of hydrogen-bond acceptors (Lipinski definition) is 4. The van der Waals surface area contributed by atoms with Crippen LogP contribution in [0.15, 0.2) is 12.4 Å². The first-order chi connectivity index (χ1) is 7.34. The molecule has 0 radical (unpaired) electrons. The highest BCUT2D eigenvalue weighted by Gasteiger charge is 2.60. The van der Waals surface area contributed by atoms with Gasteiger partial charge in [-0.25, -0.2) is 4.98 Å². The van der Waals surface area contributed by atoms with Crippen LogP contribution in [0, 0.1) is 0 Å². The van der Waals surface area contributed by atoms with Crippen molar-refractivity contribution in [1.82, 2.24) is 15.3 Å². The lowest BCUT2D eigenvalue weighted by atomic mass is 10.1. The zero-order chi connectivity index (χ0) is 12.0. The van der Waals surface area contributed by atoms with Gasteiger partial charge in [0.1, 0.15) is 5.69 Å². The highest BCUT2D eigenvalue weighted by molar-refractivity contribution is 7.80. The highest BCUT2D eigenvalue weighted by atomic mass is 32.1. The number of thiocarbonyl (C=S) groups is 1. The summed E-state index contributed by atoms with van der Waals surface area (Å²) in [6, 6.07) is 0. The molecule has 1 aliphatic heterocycles. The summed E-state index contributed by atoms with van der Waals surface area (Å²) in [5, 5.41) is 13.3. The molecular weight excluding hydrogens is 245 g/mol. The van der Waals surface area contributed by atoms with Crippen LogP contribution in [0.4, 0.5) is 19.0 Å². The second-order valence-corrected chi connectivity index (χ2v) is 3.45. The Labute approximate surface area is 92.7 Å². The average Bonchev–Trinajstić information content (AvgIpc) is 2.15. The van der Waals surface area contributed by atoms with Crippen molar-refractivity contribution in [3.8, 4) is 0 Å². The molecule has 0 saturated carbocycles. The fourth-order valence-corrected chi connectivity index (χ4v) is 1.51. The van der Waals surface area contributed by atoms with Gasteiger partial charge in [-0.3, -0.25) is 4.98 Å². The van der Waals surface area contributed by atoms with E-state index in [-0.39, 0.29) is 10.9 Å². The van der Waals surface area contributed by atoms with Crippen LogP contribution in [0.1, 0.15) is 5.69 Å². The third-order valence-corrected chi connectivity index (χ3v) is 2.18. The lowest BCUT2D eigenvalue weighted by Crippen LogP contribution is -2.60. The van der Waals surface area contributed by atoms with Crippen LogP contribution in [-0.2, 0) is 5.72 Å². The number of nitrogens with one attached hydrogen (secondary N) is 2. The molecule has 1 unspecified atom stereocenters. The van der Waals surface area contributed by atoms with Crippen molar-refractivity contribution in [2.75, 3.05) is 5.32 Å². The maximum Gasteiger partial charge on any atom is 0.443 e. The van der Waals surface area contributed by atoms with E-state index in [4.69, 9.17) is 0 Å². The molecule has 1 atom stereocenters. The van der Waals surface area contributed by atoms with Crippen LogP contribution < -0.4 is 10.6 Å². The van der Waals surface area contributed by atoms with Gasteiger partial charge in [-0.2, -0.15) is 13.2 Å². The van der Waals surface area contributed by atoms with Gasteiger partial charge in [-0.05, 0) is 12.2 Å². The molecule has 2 heterocycles. The summed E-state index contributed by atoms with van der Waals surface area (Å²) in [6.45, 7) is 0. The number of rotatable bonds is 0. The number of nitrogens with zero attached hydrogens (tertiary/aromatic N) is 2. The first kappa shape index (κ1) is 11.0. The minimum Gasteiger partial charge on any atom is -0.359 e. The third kappa shape index (κ3) is 1.48. The van der Waals surface area contributed by atoms with Crippen LogP contribution in [0.5, 0.6) is 0 Å². The summed E-state index contributed by atoms with van der Waals surface area (Å²) < 4.78 is 38.1. The molecule has 2 rings (SSSR count). The van der Waals surface area contributed by atoms with Crippen molar-refractivity contribution in [2.45, 2.75) is 11.9 Å². The molecule has 3 N–H and O–H groups in total. The van der Waals surface area contributed by atoms with Gasteiger partial charge in [0.05, 0.1) is 0 Å². The number of aliphatic hydroxyl groups is 1. The predicted octanol–water partition coefficient (Wildman–Crippen LogP) is 0.484. The molecule has 1 aliphatic rings. The Bertz CT molecular complexity index is 452. The van der Waals surface area contributed by atoms with E-state index in [0.29, 0.717) is 0 Å². The first-order valence-corrected chi connectivity index (χ1v) is 4.45. The summed E-state index contributed by atoms with van der Waals surface area (Å²) in [4.78, 5) is 7.07. The normalized spacial score (nSPS) is 24.4. The maximum atomic E-state index is 12.7.